The minimum Gasteiger partial charge on any atom is -0.497 e. The number of aliphatic hydroxyl groups excluding tert-OH is 1. The van der Waals surface area contributed by atoms with Crippen molar-refractivity contribution in [1.82, 2.24) is 18.7 Å². The van der Waals surface area contributed by atoms with Crippen molar-refractivity contribution in [3.05, 3.63) is 69.3 Å². The van der Waals surface area contributed by atoms with Gasteiger partial charge in [-0.3, -0.25) is 13.9 Å². The van der Waals surface area contributed by atoms with Crippen molar-refractivity contribution in [2.45, 2.75) is 19.2 Å². The van der Waals surface area contributed by atoms with Gasteiger partial charge < -0.3 is 28.9 Å². The fourth-order valence-corrected chi connectivity index (χ4v) is 3.47. The van der Waals surface area contributed by atoms with E-state index in [0.29, 0.717) is 29.8 Å². The summed E-state index contributed by atoms with van der Waals surface area (Å²) < 4.78 is 20.0. The molecule has 0 saturated heterocycles. The van der Waals surface area contributed by atoms with Crippen LogP contribution in [0.3, 0.4) is 0 Å². The Hall–Kier alpha value is -3.99. The molecule has 0 aliphatic rings. The maximum absolute atomic E-state index is 12.9. The normalized spacial score (nSPS) is 12.1. The van der Waals surface area contributed by atoms with E-state index in [1.54, 1.807) is 61.4 Å². The fraction of sp³-hybridized carbons (Fsp3) is 0.318. The molecule has 11 heteroatoms. The number of imidazole rings is 1. The van der Waals surface area contributed by atoms with Crippen molar-refractivity contribution in [2.24, 2.45) is 14.1 Å². The van der Waals surface area contributed by atoms with E-state index in [-0.39, 0.29) is 24.3 Å². The monoisotopic (exact) mass is 455 g/mol. The van der Waals surface area contributed by atoms with Crippen LogP contribution in [0.1, 0.15) is 5.76 Å². The standard InChI is InChI=1S/C22H25N5O6/c1-25-19-18(20(29)26(2)22(25)30)27(21(24-19)23-11-17-5-4-10-32-17)12-14(28)13-33-16-8-6-15(31-3)7-9-16/h4-10,14,28H,11-13H2,1-3H3,(H,23,24)/t14-/m1/s1. The average molecular weight is 455 g/mol. The highest BCUT2D eigenvalue weighted by molar-refractivity contribution is 5.74. The largest absolute Gasteiger partial charge is 0.497 e. The third-order valence-corrected chi connectivity index (χ3v) is 5.24. The van der Waals surface area contributed by atoms with Crippen LogP contribution in [0.4, 0.5) is 5.95 Å². The summed E-state index contributed by atoms with van der Waals surface area (Å²) in [7, 11) is 4.52. The van der Waals surface area contributed by atoms with Gasteiger partial charge >= 0.3 is 5.69 Å². The molecule has 0 fully saturated rings. The number of aliphatic hydroxyl groups is 1. The molecule has 3 aromatic heterocycles. The first-order valence-electron chi connectivity index (χ1n) is 10.3. The molecule has 0 unspecified atom stereocenters. The van der Waals surface area contributed by atoms with Gasteiger partial charge in [0.25, 0.3) is 5.56 Å². The van der Waals surface area contributed by atoms with E-state index in [0.717, 1.165) is 4.57 Å². The van der Waals surface area contributed by atoms with Gasteiger partial charge in [0.2, 0.25) is 5.95 Å². The highest BCUT2D eigenvalue weighted by Crippen LogP contribution is 2.19. The summed E-state index contributed by atoms with van der Waals surface area (Å²) in [5.74, 6) is 2.25. The molecule has 0 aliphatic carbocycles. The summed E-state index contributed by atoms with van der Waals surface area (Å²) in [6.45, 7) is 0.305. The maximum Gasteiger partial charge on any atom is 0.332 e. The van der Waals surface area contributed by atoms with Crippen LogP contribution in [-0.2, 0) is 27.2 Å². The SMILES string of the molecule is COc1ccc(OC[C@H](O)Cn2c(NCc3ccco3)nc3c2c(=O)n(C)c(=O)n3C)cc1. The van der Waals surface area contributed by atoms with Crippen LogP contribution in [0, 0.1) is 0 Å². The molecule has 33 heavy (non-hydrogen) atoms. The van der Waals surface area contributed by atoms with Crippen molar-refractivity contribution < 1.29 is 19.0 Å². The van der Waals surface area contributed by atoms with Gasteiger partial charge in [-0.2, -0.15) is 4.98 Å². The minimum atomic E-state index is -0.962. The Morgan fingerprint density at radius 3 is 2.52 bits per heavy atom. The highest BCUT2D eigenvalue weighted by atomic mass is 16.5. The molecule has 0 saturated carbocycles. The quantitative estimate of drug-likeness (QED) is 0.384. The second kappa shape index (κ2) is 9.25. The van der Waals surface area contributed by atoms with Crippen LogP contribution < -0.4 is 26.0 Å². The Labute approximate surface area is 188 Å². The molecular formula is C22H25N5O6. The topological polar surface area (TPSA) is 126 Å². The smallest absolute Gasteiger partial charge is 0.332 e. The molecule has 174 valence electrons. The number of fused-ring (bicyclic) bond motifs is 1. The first-order valence-corrected chi connectivity index (χ1v) is 10.3. The number of furan rings is 1. The average Bonchev–Trinajstić information content (AvgIpc) is 3.47. The number of rotatable bonds is 9. The van der Waals surface area contributed by atoms with Crippen LogP contribution in [0.25, 0.3) is 11.2 Å². The number of hydrogen-bond donors (Lipinski definition) is 2. The molecule has 1 aromatic carbocycles. The Morgan fingerprint density at radius 1 is 1.12 bits per heavy atom. The second-order valence-corrected chi connectivity index (χ2v) is 7.50. The molecule has 0 bridgehead atoms. The number of ether oxygens (including phenoxy) is 2. The number of methoxy groups -OCH3 is 1. The number of nitrogens with zero attached hydrogens (tertiary/aromatic N) is 4. The number of nitrogens with one attached hydrogen (secondary N) is 1. The van der Waals surface area contributed by atoms with Crippen LogP contribution >= 0.6 is 0 Å². The summed E-state index contributed by atoms with van der Waals surface area (Å²) >= 11 is 0. The van der Waals surface area contributed by atoms with Gasteiger partial charge in [0.1, 0.15) is 30.0 Å². The number of aryl methyl sites for hydroxylation is 1. The number of aromatic nitrogens is 4. The Bertz CT molecular complexity index is 1350. The lowest BCUT2D eigenvalue weighted by Gasteiger charge is -2.16. The van der Waals surface area contributed by atoms with E-state index in [1.165, 1.54) is 11.6 Å². The molecule has 3 heterocycles. The van der Waals surface area contributed by atoms with Gasteiger partial charge in [-0.15, -0.1) is 0 Å². The second-order valence-electron chi connectivity index (χ2n) is 7.50. The van der Waals surface area contributed by atoms with Crippen molar-refractivity contribution in [3.63, 3.8) is 0 Å². The van der Waals surface area contributed by atoms with Gasteiger partial charge in [0.15, 0.2) is 11.2 Å². The Morgan fingerprint density at radius 2 is 1.85 bits per heavy atom. The van der Waals surface area contributed by atoms with Crippen LogP contribution in [-0.4, -0.2) is 43.6 Å². The van der Waals surface area contributed by atoms with Gasteiger partial charge in [0.05, 0.1) is 26.5 Å². The summed E-state index contributed by atoms with van der Waals surface area (Å²) in [5, 5.41) is 13.8. The van der Waals surface area contributed by atoms with E-state index in [1.807, 2.05) is 0 Å². The molecule has 2 N–H and O–H groups in total. The van der Waals surface area contributed by atoms with Gasteiger partial charge in [-0.05, 0) is 36.4 Å². The van der Waals surface area contributed by atoms with Crippen LogP contribution in [0.15, 0.2) is 56.7 Å². The zero-order valence-corrected chi connectivity index (χ0v) is 18.5. The van der Waals surface area contributed by atoms with Crippen LogP contribution in [0.2, 0.25) is 0 Å². The Kier molecular flexibility index (Phi) is 6.22. The van der Waals surface area contributed by atoms with E-state index in [4.69, 9.17) is 13.9 Å². The zero-order valence-electron chi connectivity index (χ0n) is 18.5. The number of anilines is 1. The molecule has 1 atom stereocenters. The molecule has 0 aliphatic heterocycles. The van der Waals surface area contributed by atoms with E-state index >= 15 is 0 Å². The lowest BCUT2D eigenvalue weighted by molar-refractivity contribution is 0.0938. The molecule has 0 amide bonds. The molecule has 4 rings (SSSR count). The first-order chi connectivity index (χ1) is 15.9. The Balaban J connectivity index is 1.62. The van der Waals surface area contributed by atoms with E-state index < -0.39 is 17.4 Å². The lowest BCUT2D eigenvalue weighted by atomic mass is 10.3. The van der Waals surface area contributed by atoms with E-state index in [9.17, 15) is 14.7 Å². The van der Waals surface area contributed by atoms with Crippen molar-refractivity contribution in [2.75, 3.05) is 19.0 Å². The van der Waals surface area contributed by atoms with Gasteiger partial charge in [-0.1, -0.05) is 0 Å². The summed E-state index contributed by atoms with van der Waals surface area (Å²) in [6, 6.07) is 10.5. The molecule has 0 radical (unpaired) electrons. The number of hydrogen-bond acceptors (Lipinski definition) is 8. The summed E-state index contributed by atoms with van der Waals surface area (Å²) in [5.41, 5.74) is -0.577. The minimum absolute atomic E-state index is 0.0145. The molecule has 0 spiro atoms. The summed E-state index contributed by atoms with van der Waals surface area (Å²) in [4.78, 5) is 29.7. The number of benzene rings is 1. The predicted molar refractivity (Wildman–Crippen MR) is 121 cm³/mol. The molecule has 11 nitrogen and oxygen atoms in total. The third kappa shape index (κ3) is 4.48. The molecular weight excluding hydrogens is 430 g/mol. The highest BCUT2D eigenvalue weighted by Gasteiger charge is 2.21. The maximum atomic E-state index is 12.9. The van der Waals surface area contributed by atoms with Gasteiger partial charge in [-0.25, -0.2) is 4.79 Å². The lowest BCUT2D eigenvalue weighted by Crippen LogP contribution is -2.38. The van der Waals surface area contributed by atoms with E-state index in [2.05, 4.69) is 10.3 Å². The third-order valence-electron chi connectivity index (χ3n) is 5.24. The first kappa shape index (κ1) is 22.2. The van der Waals surface area contributed by atoms with Crippen molar-refractivity contribution >= 4 is 17.1 Å². The zero-order chi connectivity index (χ0) is 23.5. The fourth-order valence-electron chi connectivity index (χ4n) is 3.47. The summed E-state index contributed by atoms with van der Waals surface area (Å²) in [6.07, 6.45) is 0.593. The molecule has 4 aromatic rings. The predicted octanol–water partition coefficient (Wildman–Crippen LogP) is 1.09. The van der Waals surface area contributed by atoms with Gasteiger partial charge in [0, 0.05) is 14.1 Å². The van der Waals surface area contributed by atoms with Crippen molar-refractivity contribution in [1.29, 1.82) is 0 Å². The van der Waals surface area contributed by atoms with Crippen molar-refractivity contribution in [3.8, 4) is 11.5 Å². The van der Waals surface area contributed by atoms with Crippen LogP contribution in [0.5, 0.6) is 11.5 Å².